The maximum atomic E-state index is 12.1. The Morgan fingerprint density at radius 3 is 2.33 bits per heavy atom. The summed E-state index contributed by atoms with van der Waals surface area (Å²) in [4.78, 5) is 24.0. The zero-order valence-corrected chi connectivity index (χ0v) is 15.2. The van der Waals surface area contributed by atoms with Crippen molar-refractivity contribution in [3.05, 3.63) is 48.5 Å². The molecule has 0 aliphatic carbocycles. The number of rotatable bonds is 9. The first-order valence-corrected chi connectivity index (χ1v) is 8.24. The predicted molar refractivity (Wildman–Crippen MR) is 102 cm³/mol. The minimum atomic E-state index is -0.775. The van der Waals surface area contributed by atoms with Crippen molar-refractivity contribution in [1.82, 2.24) is 0 Å². The Morgan fingerprint density at radius 2 is 1.67 bits per heavy atom. The maximum absolute atomic E-state index is 12.1. The SMILES string of the molecule is COCC(N)C(=O)Nc1cccc(NC(=O)COc2ccccc2OC)c1. The van der Waals surface area contributed by atoms with Crippen LogP contribution >= 0.6 is 0 Å². The molecule has 0 heterocycles. The molecule has 0 spiro atoms. The summed E-state index contributed by atoms with van der Waals surface area (Å²) in [5, 5.41) is 5.38. The third-order valence-corrected chi connectivity index (χ3v) is 3.52. The van der Waals surface area contributed by atoms with E-state index in [1.54, 1.807) is 42.5 Å². The van der Waals surface area contributed by atoms with Crippen molar-refractivity contribution in [1.29, 1.82) is 0 Å². The van der Waals surface area contributed by atoms with Crippen LogP contribution in [-0.2, 0) is 14.3 Å². The van der Waals surface area contributed by atoms with E-state index in [2.05, 4.69) is 10.6 Å². The molecule has 8 heteroatoms. The zero-order chi connectivity index (χ0) is 19.6. The highest BCUT2D eigenvalue weighted by molar-refractivity contribution is 5.96. The molecule has 0 aliphatic heterocycles. The number of carbonyl (C=O) groups excluding carboxylic acids is 2. The number of ether oxygens (including phenoxy) is 3. The van der Waals surface area contributed by atoms with Gasteiger partial charge in [-0.05, 0) is 30.3 Å². The summed E-state index contributed by atoms with van der Waals surface area (Å²) in [5.41, 5.74) is 6.70. The molecule has 0 aromatic heterocycles. The van der Waals surface area contributed by atoms with E-state index in [4.69, 9.17) is 19.9 Å². The van der Waals surface area contributed by atoms with Crippen molar-refractivity contribution in [2.24, 2.45) is 5.73 Å². The highest BCUT2D eigenvalue weighted by Crippen LogP contribution is 2.25. The monoisotopic (exact) mass is 373 g/mol. The molecule has 4 N–H and O–H groups in total. The summed E-state index contributed by atoms with van der Waals surface area (Å²) in [5.74, 6) is 0.297. The quantitative estimate of drug-likeness (QED) is 0.616. The second kappa shape index (κ2) is 10.1. The maximum Gasteiger partial charge on any atom is 0.262 e. The van der Waals surface area contributed by atoms with Crippen LogP contribution in [0, 0.1) is 0 Å². The summed E-state index contributed by atoms with van der Waals surface area (Å²) in [6, 6.07) is 13.0. The first-order valence-electron chi connectivity index (χ1n) is 8.24. The lowest BCUT2D eigenvalue weighted by Crippen LogP contribution is -2.39. The van der Waals surface area contributed by atoms with E-state index < -0.39 is 6.04 Å². The smallest absolute Gasteiger partial charge is 0.262 e. The highest BCUT2D eigenvalue weighted by Gasteiger charge is 2.13. The number of hydrogen-bond donors (Lipinski definition) is 3. The van der Waals surface area contributed by atoms with Crippen molar-refractivity contribution in [2.45, 2.75) is 6.04 Å². The van der Waals surface area contributed by atoms with Crippen molar-refractivity contribution in [2.75, 3.05) is 38.1 Å². The lowest BCUT2D eigenvalue weighted by molar-refractivity contribution is -0.119. The molecule has 0 radical (unpaired) electrons. The normalized spacial score (nSPS) is 11.4. The van der Waals surface area contributed by atoms with Crippen molar-refractivity contribution >= 4 is 23.2 Å². The van der Waals surface area contributed by atoms with Gasteiger partial charge in [0.2, 0.25) is 5.91 Å². The van der Waals surface area contributed by atoms with Crippen molar-refractivity contribution < 1.29 is 23.8 Å². The number of para-hydroxylation sites is 2. The third-order valence-electron chi connectivity index (χ3n) is 3.52. The number of nitrogens with one attached hydrogen (secondary N) is 2. The molecule has 0 bridgehead atoms. The molecule has 0 aliphatic rings. The number of amides is 2. The molecule has 27 heavy (non-hydrogen) atoms. The Kier molecular flexibility index (Phi) is 7.60. The summed E-state index contributed by atoms with van der Waals surface area (Å²) >= 11 is 0. The van der Waals surface area contributed by atoms with E-state index in [1.165, 1.54) is 14.2 Å². The molecule has 8 nitrogen and oxygen atoms in total. The van der Waals surface area contributed by atoms with Crippen LogP contribution in [0.2, 0.25) is 0 Å². The Labute approximate surface area is 157 Å². The Bertz CT molecular complexity index is 781. The van der Waals surface area contributed by atoms with Gasteiger partial charge in [-0.25, -0.2) is 0 Å². The van der Waals surface area contributed by atoms with Crippen LogP contribution in [0.1, 0.15) is 0 Å². The van der Waals surface area contributed by atoms with Gasteiger partial charge in [0.25, 0.3) is 5.91 Å². The summed E-state index contributed by atoms with van der Waals surface area (Å²) in [6.45, 7) is -0.0712. The molecule has 2 amide bonds. The van der Waals surface area contributed by atoms with E-state index >= 15 is 0 Å². The van der Waals surface area contributed by atoms with Crippen molar-refractivity contribution in [3.8, 4) is 11.5 Å². The van der Waals surface area contributed by atoms with E-state index in [9.17, 15) is 9.59 Å². The number of hydrogen-bond acceptors (Lipinski definition) is 6. The molecule has 0 saturated heterocycles. The van der Waals surface area contributed by atoms with Gasteiger partial charge in [-0.2, -0.15) is 0 Å². The Morgan fingerprint density at radius 1 is 1.00 bits per heavy atom. The molecule has 0 fully saturated rings. The Hall–Kier alpha value is -3.10. The van der Waals surface area contributed by atoms with Gasteiger partial charge >= 0.3 is 0 Å². The fraction of sp³-hybridized carbons (Fsp3) is 0.263. The fourth-order valence-electron chi connectivity index (χ4n) is 2.24. The fourth-order valence-corrected chi connectivity index (χ4v) is 2.24. The molecule has 1 atom stereocenters. The van der Waals surface area contributed by atoms with E-state index in [-0.39, 0.29) is 25.0 Å². The number of nitrogens with two attached hydrogens (primary N) is 1. The topological polar surface area (TPSA) is 112 Å². The second-order valence-corrected chi connectivity index (χ2v) is 5.62. The third kappa shape index (κ3) is 6.28. The molecule has 1 unspecified atom stereocenters. The molecular weight excluding hydrogens is 350 g/mol. The lowest BCUT2D eigenvalue weighted by atomic mass is 10.2. The number of carbonyl (C=O) groups is 2. The number of anilines is 2. The van der Waals surface area contributed by atoms with Gasteiger partial charge in [0.15, 0.2) is 18.1 Å². The van der Waals surface area contributed by atoms with Crippen LogP contribution in [0.3, 0.4) is 0 Å². The van der Waals surface area contributed by atoms with Gasteiger partial charge < -0.3 is 30.6 Å². The van der Waals surface area contributed by atoms with Crippen LogP contribution in [0.15, 0.2) is 48.5 Å². The summed E-state index contributed by atoms with van der Waals surface area (Å²) in [6.07, 6.45) is 0. The first-order chi connectivity index (χ1) is 13.0. The zero-order valence-electron chi connectivity index (χ0n) is 15.2. The minimum Gasteiger partial charge on any atom is -0.493 e. The molecule has 144 valence electrons. The lowest BCUT2D eigenvalue weighted by Gasteiger charge is -2.13. The molecule has 0 saturated carbocycles. The predicted octanol–water partition coefficient (Wildman–Crippen LogP) is 1.62. The van der Waals surface area contributed by atoms with Crippen LogP contribution in [0.25, 0.3) is 0 Å². The van der Waals surface area contributed by atoms with Gasteiger partial charge in [0.1, 0.15) is 6.04 Å². The van der Waals surface area contributed by atoms with Gasteiger partial charge in [-0.3, -0.25) is 9.59 Å². The van der Waals surface area contributed by atoms with Crippen LogP contribution < -0.4 is 25.8 Å². The molecule has 2 aromatic rings. The first kappa shape index (κ1) is 20.2. The summed E-state index contributed by atoms with van der Waals surface area (Å²) in [7, 11) is 3.00. The molecule has 2 rings (SSSR count). The van der Waals surface area contributed by atoms with E-state index in [0.717, 1.165) is 0 Å². The summed E-state index contributed by atoms with van der Waals surface area (Å²) < 4.78 is 15.5. The largest absolute Gasteiger partial charge is 0.493 e. The minimum absolute atomic E-state index is 0.114. The van der Waals surface area contributed by atoms with Gasteiger partial charge in [-0.1, -0.05) is 18.2 Å². The molecule has 2 aromatic carbocycles. The number of benzene rings is 2. The van der Waals surface area contributed by atoms with Gasteiger partial charge in [0.05, 0.1) is 13.7 Å². The van der Waals surface area contributed by atoms with E-state index in [0.29, 0.717) is 22.9 Å². The van der Waals surface area contributed by atoms with Crippen LogP contribution in [0.5, 0.6) is 11.5 Å². The average Bonchev–Trinajstić information content (AvgIpc) is 2.67. The Balaban J connectivity index is 1.91. The highest BCUT2D eigenvalue weighted by atomic mass is 16.5. The van der Waals surface area contributed by atoms with E-state index in [1.807, 2.05) is 6.07 Å². The van der Waals surface area contributed by atoms with Gasteiger partial charge in [0, 0.05) is 18.5 Å². The second-order valence-electron chi connectivity index (χ2n) is 5.62. The van der Waals surface area contributed by atoms with Gasteiger partial charge in [-0.15, -0.1) is 0 Å². The molecular formula is C19H23N3O5. The number of methoxy groups -OCH3 is 2. The van der Waals surface area contributed by atoms with Crippen LogP contribution in [-0.4, -0.2) is 45.3 Å². The average molecular weight is 373 g/mol. The van der Waals surface area contributed by atoms with Crippen molar-refractivity contribution in [3.63, 3.8) is 0 Å². The van der Waals surface area contributed by atoms with Crippen LogP contribution in [0.4, 0.5) is 11.4 Å². The standard InChI is InChI=1S/C19H23N3O5/c1-25-11-15(20)19(24)22-14-7-5-6-13(10-14)21-18(23)12-27-17-9-4-3-8-16(17)26-2/h3-10,15H,11-12,20H2,1-2H3,(H,21,23)(H,22,24).